The van der Waals surface area contributed by atoms with Crippen LogP contribution in [0.2, 0.25) is 5.02 Å². The van der Waals surface area contributed by atoms with Crippen molar-refractivity contribution in [1.82, 2.24) is 5.32 Å². The first-order chi connectivity index (χ1) is 18.8. The second-order valence-electron chi connectivity index (χ2n) is 8.28. The third-order valence-corrected chi connectivity index (χ3v) is 5.84. The molecule has 3 aromatic carbocycles. The predicted molar refractivity (Wildman–Crippen MR) is 145 cm³/mol. The fourth-order valence-electron chi connectivity index (χ4n) is 3.81. The summed E-state index contributed by atoms with van der Waals surface area (Å²) < 4.78 is 16.6. The van der Waals surface area contributed by atoms with Gasteiger partial charge in [-0.25, -0.2) is 14.5 Å². The maximum Gasteiger partial charge on any atom is 0.338 e. The number of nitrogens with one attached hydrogen (secondary N) is 1. The Morgan fingerprint density at radius 3 is 2.38 bits per heavy atom. The summed E-state index contributed by atoms with van der Waals surface area (Å²) in [5.74, 6) is -1.29. The third-order valence-electron chi connectivity index (χ3n) is 5.60. The molecule has 1 heterocycles. The summed E-state index contributed by atoms with van der Waals surface area (Å²) in [5, 5.41) is 2.78. The lowest BCUT2D eigenvalue weighted by molar-refractivity contribution is -0.122. The minimum absolute atomic E-state index is 0.184. The highest BCUT2D eigenvalue weighted by Crippen LogP contribution is 2.31. The number of anilines is 1. The molecule has 0 aromatic heterocycles. The molecule has 0 radical (unpaired) electrons. The molecule has 200 valence electrons. The minimum Gasteiger partial charge on any atom is -0.490 e. The number of carbonyl (C=O) groups excluding carboxylic acids is 4. The molecule has 0 saturated carbocycles. The Hall–Kier alpha value is -4.63. The van der Waals surface area contributed by atoms with Gasteiger partial charge in [-0.15, -0.1) is 0 Å². The highest BCUT2D eigenvalue weighted by Gasteiger charge is 2.37. The SMILES string of the molecule is CCOC(=O)c1ccc(N2C(=O)NC(=O)/C(=C\c3ccc(OCc4cccc(Cl)c4)c(OCC)c3)C2=O)cc1. The smallest absolute Gasteiger partial charge is 0.338 e. The second kappa shape index (κ2) is 12.3. The average molecular weight is 549 g/mol. The van der Waals surface area contributed by atoms with Crippen molar-refractivity contribution in [2.45, 2.75) is 20.5 Å². The Balaban J connectivity index is 1.58. The first-order valence-electron chi connectivity index (χ1n) is 12.1. The second-order valence-corrected chi connectivity index (χ2v) is 8.72. The summed E-state index contributed by atoms with van der Waals surface area (Å²) in [5.41, 5.74) is 1.56. The van der Waals surface area contributed by atoms with Gasteiger partial charge in [-0.2, -0.15) is 0 Å². The van der Waals surface area contributed by atoms with Gasteiger partial charge in [0.1, 0.15) is 12.2 Å². The van der Waals surface area contributed by atoms with Gasteiger partial charge in [-0.1, -0.05) is 29.8 Å². The van der Waals surface area contributed by atoms with E-state index in [9.17, 15) is 19.2 Å². The molecule has 10 heteroatoms. The van der Waals surface area contributed by atoms with Gasteiger partial charge in [0.05, 0.1) is 24.5 Å². The maximum atomic E-state index is 13.3. The lowest BCUT2D eigenvalue weighted by atomic mass is 10.1. The van der Waals surface area contributed by atoms with Crippen molar-refractivity contribution < 1.29 is 33.4 Å². The fraction of sp³-hybridized carbons (Fsp3) is 0.172. The summed E-state index contributed by atoms with van der Waals surface area (Å²) >= 11 is 6.04. The van der Waals surface area contributed by atoms with Crippen LogP contribution in [0.15, 0.2) is 72.3 Å². The van der Waals surface area contributed by atoms with Crippen LogP contribution in [-0.4, -0.2) is 37.0 Å². The minimum atomic E-state index is -0.897. The zero-order valence-corrected chi connectivity index (χ0v) is 22.0. The Labute approximate surface area is 229 Å². The average Bonchev–Trinajstić information content (AvgIpc) is 2.91. The molecule has 1 saturated heterocycles. The molecule has 0 spiro atoms. The molecule has 1 aliphatic heterocycles. The number of imide groups is 2. The van der Waals surface area contributed by atoms with Crippen LogP contribution >= 0.6 is 11.6 Å². The molecular weight excluding hydrogens is 524 g/mol. The number of hydrogen-bond donors (Lipinski definition) is 1. The van der Waals surface area contributed by atoms with Gasteiger partial charge >= 0.3 is 12.0 Å². The van der Waals surface area contributed by atoms with Gasteiger partial charge < -0.3 is 14.2 Å². The van der Waals surface area contributed by atoms with E-state index >= 15 is 0 Å². The monoisotopic (exact) mass is 548 g/mol. The summed E-state index contributed by atoms with van der Waals surface area (Å²) in [7, 11) is 0. The molecule has 0 bridgehead atoms. The normalized spacial score (nSPS) is 14.3. The topological polar surface area (TPSA) is 111 Å². The maximum absolute atomic E-state index is 13.3. The van der Waals surface area contributed by atoms with Crippen LogP contribution in [0.4, 0.5) is 10.5 Å². The van der Waals surface area contributed by atoms with Gasteiger partial charge in [0.2, 0.25) is 0 Å². The number of rotatable bonds is 9. The molecule has 9 nitrogen and oxygen atoms in total. The fourth-order valence-corrected chi connectivity index (χ4v) is 4.02. The van der Waals surface area contributed by atoms with Gasteiger partial charge in [0.15, 0.2) is 11.5 Å². The number of barbiturate groups is 1. The Morgan fingerprint density at radius 1 is 0.923 bits per heavy atom. The van der Waals surface area contributed by atoms with Crippen LogP contribution in [0, 0.1) is 0 Å². The van der Waals surface area contributed by atoms with E-state index in [4.69, 9.17) is 25.8 Å². The Kier molecular flexibility index (Phi) is 8.63. The van der Waals surface area contributed by atoms with E-state index in [0.717, 1.165) is 10.5 Å². The van der Waals surface area contributed by atoms with Crippen molar-refractivity contribution in [3.05, 3.63) is 94.0 Å². The van der Waals surface area contributed by atoms with E-state index in [2.05, 4.69) is 5.32 Å². The molecule has 1 fully saturated rings. The van der Waals surface area contributed by atoms with Crippen molar-refractivity contribution >= 4 is 47.2 Å². The number of hydrogen-bond acceptors (Lipinski definition) is 7. The number of halogens is 1. The first-order valence-corrected chi connectivity index (χ1v) is 12.5. The van der Waals surface area contributed by atoms with Crippen molar-refractivity contribution in [3.63, 3.8) is 0 Å². The number of nitrogens with zero attached hydrogens (tertiary/aromatic N) is 1. The summed E-state index contributed by atoms with van der Waals surface area (Å²) in [4.78, 5) is 51.1. The zero-order chi connectivity index (χ0) is 27.9. The van der Waals surface area contributed by atoms with Gasteiger partial charge in [0, 0.05) is 5.02 Å². The first kappa shape index (κ1) is 27.4. The highest BCUT2D eigenvalue weighted by atomic mass is 35.5. The molecule has 1 aliphatic rings. The van der Waals surface area contributed by atoms with E-state index in [1.54, 1.807) is 37.3 Å². The number of ether oxygens (including phenoxy) is 3. The number of carbonyl (C=O) groups is 4. The number of urea groups is 1. The van der Waals surface area contributed by atoms with Crippen LogP contribution < -0.4 is 19.7 Å². The number of esters is 1. The van der Waals surface area contributed by atoms with E-state index < -0.39 is 23.8 Å². The van der Waals surface area contributed by atoms with Crippen molar-refractivity contribution in [2.75, 3.05) is 18.1 Å². The summed E-state index contributed by atoms with van der Waals surface area (Å²) in [6, 6.07) is 17.1. The molecule has 39 heavy (non-hydrogen) atoms. The predicted octanol–water partition coefficient (Wildman–Crippen LogP) is 5.16. The number of benzene rings is 3. The third kappa shape index (κ3) is 6.45. The van der Waals surface area contributed by atoms with E-state index in [1.165, 1.54) is 30.3 Å². The van der Waals surface area contributed by atoms with E-state index in [-0.39, 0.29) is 30.0 Å². The highest BCUT2D eigenvalue weighted by molar-refractivity contribution is 6.39. The molecular formula is C29H25ClN2O7. The van der Waals surface area contributed by atoms with Crippen LogP contribution in [0.3, 0.4) is 0 Å². The van der Waals surface area contributed by atoms with E-state index in [1.807, 2.05) is 19.1 Å². The molecule has 4 rings (SSSR count). The van der Waals surface area contributed by atoms with Gasteiger partial charge in [-0.05, 0) is 79.6 Å². The molecule has 0 unspecified atom stereocenters. The van der Waals surface area contributed by atoms with Crippen LogP contribution in [0.1, 0.15) is 35.3 Å². The molecule has 0 atom stereocenters. The summed E-state index contributed by atoms with van der Waals surface area (Å²) in [6.07, 6.45) is 1.37. The molecule has 3 aromatic rings. The van der Waals surface area contributed by atoms with Crippen molar-refractivity contribution in [1.29, 1.82) is 0 Å². The van der Waals surface area contributed by atoms with Crippen LogP contribution in [0.25, 0.3) is 6.08 Å². The van der Waals surface area contributed by atoms with Crippen molar-refractivity contribution in [2.24, 2.45) is 0 Å². The number of amides is 4. The standard InChI is InChI=1S/C29H25ClN2O7/c1-3-37-25-16-18(8-13-24(25)39-17-19-6-5-7-21(30)14-19)15-23-26(33)31-29(36)32(27(23)34)22-11-9-20(10-12-22)28(35)38-4-2/h5-16H,3-4,17H2,1-2H3,(H,31,33,36)/b23-15+. The lowest BCUT2D eigenvalue weighted by Gasteiger charge is -2.26. The molecule has 4 amide bonds. The Bertz CT molecular complexity index is 1450. The van der Waals surface area contributed by atoms with Crippen LogP contribution in [-0.2, 0) is 20.9 Å². The molecule has 1 N–H and O–H groups in total. The van der Waals surface area contributed by atoms with Gasteiger partial charge in [0.25, 0.3) is 11.8 Å². The van der Waals surface area contributed by atoms with Gasteiger partial charge in [-0.3, -0.25) is 14.9 Å². The lowest BCUT2D eigenvalue weighted by Crippen LogP contribution is -2.54. The molecule has 0 aliphatic carbocycles. The quantitative estimate of drug-likeness (QED) is 0.223. The summed E-state index contributed by atoms with van der Waals surface area (Å²) in [6.45, 7) is 4.34. The van der Waals surface area contributed by atoms with Crippen molar-refractivity contribution in [3.8, 4) is 11.5 Å². The Morgan fingerprint density at radius 2 is 1.69 bits per heavy atom. The van der Waals surface area contributed by atoms with Crippen LogP contribution in [0.5, 0.6) is 11.5 Å². The van der Waals surface area contributed by atoms with E-state index in [0.29, 0.717) is 28.7 Å². The largest absolute Gasteiger partial charge is 0.490 e. The zero-order valence-electron chi connectivity index (χ0n) is 21.2.